The Hall–Kier alpha value is -2.54. The lowest BCUT2D eigenvalue weighted by Crippen LogP contribution is -2.11. The lowest BCUT2D eigenvalue weighted by molar-refractivity contribution is -0.387. The number of nitro groups is 1. The van der Waals surface area contributed by atoms with Crippen LogP contribution in [0.15, 0.2) is 52.3 Å². The Balaban J connectivity index is 2.44. The van der Waals surface area contributed by atoms with E-state index in [1.54, 1.807) is 18.2 Å². The van der Waals surface area contributed by atoms with Gasteiger partial charge in [0.2, 0.25) is 5.91 Å². The van der Waals surface area contributed by atoms with Crippen LogP contribution < -0.4 is 5.73 Å². The van der Waals surface area contributed by atoms with Crippen molar-refractivity contribution >= 4 is 23.4 Å². The van der Waals surface area contributed by atoms with E-state index in [4.69, 9.17) is 5.73 Å². The van der Waals surface area contributed by atoms with Gasteiger partial charge in [0.25, 0.3) is 5.69 Å². The number of primary amides is 1. The number of carbonyl (C=O) groups is 1. The summed E-state index contributed by atoms with van der Waals surface area (Å²) in [4.78, 5) is 22.3. The number of phenols is 1. The summed E-state index contributed by atoms with van der Waals surface area (Å²) in [5.74, 6) is -0.696. The minimum absolute atomic E-state index is 0.0331. The summed E-state index contributed by atoms with van der Waals surface area (Å²) < 4.78 is 0. The van der Waals surface area contributed by atoms with Gasteiger partial charge in [0, 0.05) is 11.6 Å². The third kappa shape index (κ3) is 2.89. The molecule has 0 saturated heterocycles. The highest BCUT2D eigenvalue weighted by atomic mass is 32.2. The van der Waals surface area contributed by atoms with Crippen molar-refractivity contribution in [3.05, 3.63) is 58.1 Å². The van der Waals surface area contributed by atoms with Crippen molar-refractivity contribution in [2.45, 2.75) is 9.79 Å². The van der Waals surface area contributed by atoms with Crippen LogP contribution >= 0.6 is 11.8 Å². The third-order valence-electron chi connectivity index (χ3n) is 2.53. The molecular formula is C13H10N2O4S. The van der Waals surface area contributed by atoms with E-state index in [0.29, 0.717) is 9.79 Å². The molecule has 0 aliphatic rings. The van der Waals surface area contributed by atoms with Crippen LogP contribution in [0, 0.1) is 10.1 Å². The second kappa shape index (κ2) is 5.62. The molecule has 0 atom stereocenters. The number of nitro benzene ring substituents is 1. The van der Waals surface area contributed by atoms with Crippen molar-refractivity contribution in [1.82, 2.24) is 0 Å². The van der Waals surface area contributed by atoms with Crippen molar-refractivity contribution in [2.24, 2.45) is 5.73 Å². The molecule has 7 heteroatoms. The minimum atomic E-state index is -0.729. The molecule has 102 valence electrons. The first-order chi connectivity index (χ1) is 9.49. The van der Waals surface area contributed by atoms with Crippen molar-refractivity contribution in [2.75, 3.05) is 0 Å². The van der Waals surface area contributed by atoms with Gasteiger partial charge in [-0.3, -0.25) is 14.9 Å². The fourth-order valence-corrected chi connectivity index (χ4v) is 2.49. The molecule has 2 aromatic rings. The Labute approximate surface area is 118 Å². The summed E-state index contributed by atoms with van der Waals surface area (Å²) >= 11 is 1.05. The second-order valence-electron chi connectivity index (χ2n) is 3.87. The molecule has 2 rings (SSSR count). The van der Waals surface area contributed by atoms with Gasteiger partial charge >= 0.3 is 0 Å². The van der Waals surface area contributed by atoms with E-state index in [2.05, 4.69) is 0 Å². The van der Waals surface area contributed by atoms with Gasteiger partial charge < -0.3 is 10.8 Å². The van der Waals surface area contributed by atoms with E-state index < -0.39 is 10.8 Å². The normalized spacial score (nSPS) is 10.2. The molecule has 0 aliphatic carbocycles. The summed E-state index contributed by atoms with van der Waals surface area (Å²) in [6.07, 6.45) is 0. The topological polar surface area (TPSA) is 106 Å². The van der Waals surface area contributed by atoms with Gasteiger partial charge in [-0.05, 0) is 24.3 Å². The molecule has 1 amide bonds. The Kier molecular flexibility index (Phi) is 3.90. The molecule has 0 bridgehead atoms. The van der Waals surface area contributed by atoms with Crippen molar-refractivity contribution in [3.8, 4) is 5.75 Å². The first kappa shape index (κ1) is 13.9. The van der Waals surface area contributed by atoms with E-state index in [1.807, 2.05) is 0 Å². The van der Waals surface area contributed by atoms with Crippen LogP contribution in [0.4, 0.5) is 5.69 Å². The molecule has 0 saturated carbocycles. The number of nitrogens with zero attached hydrogens (tertiary/aromatic N) is 1. The highest BCUT2D eigenvalue weighted by Crippen LogP contribution is 2.38. The summed E-state index contributed by atoms with van der Waals surface area (Å²) in [7, 11) is 0. The standard InChI is InChI=1S/C13H10N2O4S/c14-13(17)8-5-6-11(9(7-8)15(18)19)20-12-4-2-1-3-10(12)16/h1-7,16H,(H2,14,17). The van der Waals surface area contributed by atoms with Crippen LogP contribution in [-0.2, 0) is 0 Å². The summed E-state index contributed by atoms with van der Waals surface area (Å²) in [6, 6.07) is 10.5. The van der Waals surface area contributed by atoms with Gasteiger partial charge in [0.15, 0.2) is 0 Å². The fourth-order valence-electron chi connectivity index (χ4n) is 1.56. The minimum Gasteiger partial charge on any atom is -0.507 e. The number of nitrogens with two attached hydrogens (primary N) is 1. The lowest BCUT2D eigenvalue weighted by atomic mass is 10.2. The second-order valence-corrected chi connectivity index (χ2v) is 4.96. The predicted molar refractivity (Wildman–Crippen MR) is 73.8 cm³/mol. The van der Waals surface area contributed by atoms with Crippen LogP contribution in [0.25, 0.3) is 0 Å². The largest absolute Gasteiger partial charge is 0.507 e. The van der Waals surface area contributed by atoms with Crippen LogP contribution in [0.2, 0.25) is 0 Å². The maximum atomic E-state index is 11.1. The van der Waals surface area contributed by atoms with E-state index in [0.717, 1.165) is 17.8 Å². The van der Waals surface area contributed by atoms with E-state index in [1.165, 1.54) is 18.2 Å². The molecule has 0 aromatic heterocycles. The van der Waals surface area contributed by atoms with E-state index in [9.17, 15) is 20.0 Å². The molecule has 0 aliphatic heterocycles. The number of amides is 1. The number of rotatable bonds is 4. The Morgan fingerprint density at radius 3 is 2.50 bits per heavy atom. The fraction of sp³-hybridized carbons (Fsp3) is 0. The molecule has 0 unspecified atom stereocenters. The SMILES string of the molecule is NC(=O)c1ccc(Sc2ccccc2O)c([N+](=O)[O-])c1. The average Bonchev–Trinajstić information content (AvgIpc) is 2.41. The summed E-state index contributed by atoms with van der Waals surface area (Å²) in [5, 5.41) is 20.7. The number of hydrogen-bond acceptors (Lipinski definition) is 5. The molecule has 2 aromatic carbocycles. The Morgan fingerprint density at radius 1 is 1.20 bits per heavy atom. The zero-order valence-corrected chi connectivity index (χ0v) is 11.0. The Bertz CT molecular complexity index is 688. The third-order valence-corrected chi connectivity index (χ3v) is 3.66. The highest BCUT2D eigenvalue weighted by Gasteiger charge is 2.18. The number of carbonyl (C=O) groups excluding carboxylic acids is 1. The molecule has 20 heavy (non-hydrogen) atoms. The first-order valence-electron chi connectivity index (χ1n) is 5.53. The molecule has 6 nitrogen and oxygen atoms in total. The monoisotopic (exact) mass is 290 g/mol. The van der Waals surface area contributed by atoms with Crippen molar-refractivity contribution in [3.63, 3.8) is 0 Å². The van der Waals surface area contributed by atoms with Gasteiger partial charge in [-0.2, -0.15) is 0 Å². The maximum Gasteiger partial charge on any atom is 0.284 e. The molecule has 0 fully saturated rings. The molecule has 0 radical (unpaired) electrons. The van der Waals surface area contributed by atoms with Gasteiger partial charge in [0.1, 0.15) is 5.75 Å². The molecule has 0 heterocycles. The van der Waals surface area contributed by atoms with E-state index >= 15 is 0 Å². The summed E-state index contributed by atoms with van der Waals surface area (Å²) in [5.41, 5.74) is 4.94. The van der Waals surface area contributed by atoms with Crippen molar-refractivity contribution in [1.29, 1.82) is 0 Å². The zero-order valence-electron chi connectivity index (χ0n) is 10.1. The van der Waals surface area contributed by atoms with Crippen LogP contribution in [0.1, 0.15) is 10.4 Å². The van der Waals surface area contributed by atoms with Crippen molar-refractivity contribution < 1.29 is 14.8 Å². The Morgan fingerprint density at radius 2 is 1.90 bits per heavy atom. The first-order valence-corrected chi connectivity index (χ1v) is 6.35. The number of phenolic OH excluding ortho intramolecular Hbond substituents is 1. The number of hydrogen-bond donors (Lipinski definition) is 2. The van der Waals surface area contributed by atoms with Crippen LogP contribution in [0.5, 0.6) is 5.75 Å². The maximum absolute atomic E-state index is 11.1. The highest BCUT2D eigenvalue weighted by molar-refractivity contribution is 7.99. The average molecular weight is 290 g/mol. The van der Waals surface area contributed by atoms with Gasteiger partial charge in [-0.1, -0.05) is 23.9 Å². The number of aromatic hydroxyl groups is 1. The smallest absolute Gasteiger partial charge is 0.284 e. The lowest BCUT2D eigenvalue weighted by Gasteiger charge is -2.05. The molecule has 0 spiro atoms. The molecular weight excluding hydrogens is 280 g/mol. The van der Waals surface area contributed by atoms with Crippen LogP contribution in [-0.4, -0.2) is 15.9 Å². The zero-order chi connectivity index (χ0) is 14.7. The van der Waals surface area contributed by atoms with Crippen LogP contribution in [0.3, 0.4) is 0 Å². The molecule has 3 N–H and O–H groups in total. The quantitative estimate of drug-likeness (QED) is 0.664. The predicted octanol–water partition coefficient (Wildman–Crippen LogP) is 2.55. The van der Waals surface area contributed by atoms with Gasteiger partial charge in [-0.15, -0.1) is 0 Å². The number of benzene rings is 2. The number of para-hydroxylation sites is 1. The summed E-state index contributed by atoms with van der Waals surface area (Å²) in [6.45, 7) is 0. The van der Waals surface area contributed by atoms with Gasteiger partial charge in [0.05, 0.1) is 14.7 Å². The van der Waals surface area contributed by atoms with Gasteiger partial charge in [-0.25, -0.2) is 0 Å². The van der Waals surface area contributed by atoms with E-state index in [-0.39, 0.29) is 17.0 Å².